The Balaban J connectivity index is 1.58. The number of nitriles is 1. The summed E-state index contributed by atoms with van der Waals surface area (Å²) < 4.78 is 22.0. The minimum absolute atomic E-state index is 0.275. The van der Waals surface area contributed by atoms with Crippen LogP contribution in [0, 0.1) is 11.3 Å². The van der Waals surface area contributed by atoms with E-state index >= 15 is 0 Å². The molecule has 0 atom stereocenters. The number of benzene rings is 2. The fourth-order valence-electron chi connectivity index (χ4n) is 2.75. The summed E-state index contributed by atoms with van der Waals surface area (Å²) in [6, 6.07) is 13.9. The average Bonchev–Trinajstić information content (AvgIpc) is 3.15. The molecule has 6 nitrogen and oxygen atoms in total. The van der Waals surface area contributed by atoms with Crippen LogP contribution in [0.5, 0.6) is 23.0 Å². The van der Waals surface area contributed by atoms with Gasteiger partial charge in [-0.3, -0.25) is 0 Å². The van der Waals surface area contributed by atoms with Crippen molar-refractivity contribution in [2.45, 2.75) is 25.9 Å². The van der Waals surface area contributed by atoms with Gasteiger partial charge >= 0.3 is 0 Å². The predicted molar refractivity (Wildman–Crippen MR) is 96.4 cm³/mol. The zero-order valence-corrected chi connectivity index (χ0v) is 14.8. The smallest absolute Gasteiger partial charge is 0.231 e. The second-order valence-electron chi connectivity index (χ2n) is 5.85. The maximum atomic E-state index is 8.60. The molecule has 1 N–H and O–H groups in total. The molecule has 1 aliphatic heterocycles. The van der Waals surface area contributed by atoms with E-state index in [1.807, 2.05) is 36.4 Å². The van der Waals surface area contributed by atoms with Crippen LogP contribution in [0.15, 0.2) is 36.4 Å². The molecule has 0 radical (unpaired) electrons. The number of hydrogen-bond acceptors (Lipinski definition) is 6. The molecule has 136 valence electrons. The molecule has 3 rings (SSSR count). The second-order valence-corrected chi connectivity index (χ2v) is 5.85. The number of fused-ring (bicyclic) bond motifs is 1. The van der Waals surface area contributed by atoms with E-state index < -0.39 is 0 Å². The zero-order chi connectivity index (χ0) is 18.2. The lowest BCUT2D eigenvalue weighted by Crippen LogP contribution is -2.13. The molecular weight excluding hydrogens is 332 g/mol. The summed E-state index contributed by atoms with van der Waals surface area (Å²) in [5.41, 5.74) is 2.16. The zero-order valence-electron chi connectivity index (χ0n) is 14.8. The van der Waals surface area contributed by atoms with Gasteiger partial charge in [-0.1, -0.05) is 18.2 Å². The first-order chi connectivity index (χ1) is 12.8. The number of para-hydroxylation sites is 1. The standard InChI is InChI=1S/C20H22N2O4/c1-23-17-8-7-15(11-19(17)24-10-3-2-9-21)12-22-13-16-5-4-6-18-20(16)26-14-25-18/h4-8,11,22H,2-3,10,12-14H2,1H3. The van der Waals surface area contributed by atoms with Crippen molar-refractivity contribution in [3.63, 3.8) is 0 Å². The van der Waals surface area contributed by atoms with E-state index in [1.165, 1.54) is 0 Å². The molecular formula is C20H22N2O4. The highest BCUT2D eigenvalue weighted by molar-refractivity contribution is 5.48. The minimum atomic E-state index is 0.275. The second kappa shape index (κ2) is 8.97. The highest BCUT2D eigenvalue weighted by Crippen LogP contribution is 2.35. The van der Waals surface area contributed by atoms with Gasteiger partial charge in [-0.2, -0.15) is 5.26 Å². The van der Waals surface area contributed by atoms with Crippen molar-refractivity contribution in [2.75, 3.05) is 20.5 Å². The summed E-state index contributed by atoms with van der Waals surface area (Å²) in [5, 5.41) is 12.0. The van der Waals surface area contributed by atoms with Crippen molar-refractivity contribution in [3.05, 3.63) is 47.5 Å². The molecule has 0 saturated heterocycles. The van der Waals surface area contributed by atoms with Crippen LogP contribution in [-0.4, -0.2) is 20.5 Å². The first-order valence-corrected chi connectivity index (χ1v) is 8.56. The summed E-state index contributed by atoms with van der Waals surface area (Å²) in [4.78, 5) is 0. The van der Waals surface area contributed by atoms with Gasteiger partial charge in [0.15, 0.2) is 23.0 Å². The van der Waals surface area contributed by atoms with Gasteiger partial charge in [0.1, 0.15) is 0 Å². The summed E-state index contributed by atoms with van der Waals surface area (Å²) in [7, 11) is 1.62. The van der Waals surface area contributed by atoms with Gasteiger partial charge in [-0.05, 0) is 30.2 Å². The van der Waals surface area contributed by atoms with Crippen molar-refractivity contribution in [3.8, 4) is 29.1 Å². The predicted octanol–water partition coefficient (Wildman–Crippen LogP) is 3.40. The Bertz CT molecular complexity index is 786. The van der Waals surface area contributed by atoms with Crippen LogP contribution in [0.3, 0.4) is 0 Å². The fourth-order valence-corrected chi connectivity index (χ4v) is 2.75. The van der Waals surface area contributed by atoms with Crippen LogP contribution in [0.1, 0.15) is 24.0 Å². The lowest BCUT2D eigenvalue weighted by molar-refractivity contribution is 0.173. The number of nitrogens with one attached hydrogen (secondary N) is 1. The molecule has 0 fully saturated rings. The molecule has 2 aromatic carbocycles. The molecule has 26 heavy (non-hydrogen) atoms. The van der Waals surface area contributed by atoms with E-state index in [9.17, 15) is 0 Å². The highest BCUT2D eigenvalue weighted by atomic mass is 16.7. The normalized spacial score (nSPS) is 11.8. The Kier molecular flexibility index (Phi) is 6.18. The molecule has 0 aliphatic carbocycles. The Morgan fingerprint density at radius 2 is 2.08 bits per heavy atom. The van der Waals surface area contributed by atoms with Crippen LogP contribution in [0.25, 0.3) is 0 Å². The monoisotopic (exact) mass is 354 g/mol. The maximum absolute atomic E-state index is 8.60. The third-order valence-corrected chi connectivity index (χ3v) is 4.04. The SMILES string of the molecule is COc1ccc(CNCc2cccc3c2OCO3)cc1OCCCC#N. The van der Waals surface area contributed by atoms with Crippen LogP contribution < -0.4 is 24.3 Å². The number of methoxy groups -OCH3 is 1. The van der Waals surface area contributed by atoms with E-state index in [-0.39, 0.29) is 6.79 Å². The van der Waals surface area contributed by atoms with Crippen molar-refractivity contribution in [1.82, 2.24) is 5.32 Å². The summed E-state index contributed by atoms with van der Waals surface area (Å²) in [6.07, 6.45) is 1.18. The molecule has 0 aromatic heterocycles. The Hall–Kier alpha value is -2.91. The third-order valence-electron chi connectivity index (χ3n) is 4.04. The van der Waals surface area contributed by atoms with Gasteiger partial charge < -0.3 is 24.3 Å². The number of hydrogen-bond donors (Lipinski definition) is 1. The number of nitrogens with zero attached hydrogens (tertiary/aromatic N) is 1. The largest absolute Gasteiger partial charge is 0.493 e. The first kappa shape index (κ1) is 17.9. The first-order valence-electron chi connectivity index (χ1n) is 8.56. The van der Waals surface area contributed by atoms with Crippen LogP contribution in [0.4, 0.5) is 0 Å². The number of rotatable bonds is 9. The quantitative estimate of drug-likeness (QED) is 0.696. The lowest BCUT2D eigenvalue weighted by atomic mass is 10.1. The fraction of sp³-hybridized carbons (Fsp3) is 0.350. The molecule has 0 bridgehead atoms. The lowest BCUT2D eigenvalue weighted by Gasteiger charge is -2.13. The average molecular weight is 354 g/mol. The van der Waals surface area contributed by atoms with Crippen molar-refractivity contribution < 1.29 is 18.9 Å². The molecule has 0 amide bonds. The van der Waals surface area contributed by atoms with Crippen molar-refractivity contribution in [2.24, 2.45) is 0 Å². The third kappa shape index (κ3) is 4.38. The van der Waals surface area contributed by atoms with Crippen molar-refractivity contribution in [1.29, 1.82) is 5.26 Å². The van der Waals surface area contributed by atoms with Crippen molar-refractivity contribution >= 4 is 0 Å². The van der Waals surface area contributed by atoms with Gasteiger partial charge in [0.05, 0.1) is 19.8 Å². The summed E-state index contributed by atoms with van der Waals surface area (Å²) >= 11 is 0. The molecule has 0 spiro atoms. The Labute approximate surface area is 153 Å². The van der Waals surface area contributed by atoms with E-state index in [2.05, 4.69) is 11.4 Å². The maximum Gasteiger partial charge on any atom is 0.231 e. The van der Waals surface area contributed by atoms with Gasteiger partial charge in [0.25, 0.3) is 0 Å². The van der Waals surface area contributed by atoms with E-state index in [1.54, 1.807) is 7.11 Å². The van der Waals surface area contributed by atoms with Gasteiger partial charge in [-0.25, -0.2) is 0 Å². The highest BCUT2D eigenvalue weighted by Gasteiger charge is 2.16. The van der Waals surface area contributed by atoms with Gasteiger partial charge in [0.2, 0.25) is 6.79 Å². The molecule has 1 aliphatic rings. The van der Waals surface area contributed by atoms with E-state index in [4.69, 9.17) is 24.2 Å². The summed E-state index contributed by atoms with van der Waals surface area (Å²) in [6.45, 7) is 2.13. The minimum Gasteiger partial charge on any atom is -0.493 e. The number of unbranched alkanes of at least 4 members (excludes halogenated alkanes) is 1. The molecule has 0 saturated carbocycles. The van der Waals surface area contributed by atoms with Gasteiger partial charge in [0, 0.05) is 25.1 Å². The Morgan fingerprint density at radius 3 is 2.92 bits per heavy atom. The molecule has 2 aromatic rings. The molecule has 1 heterocycles. The number of ether oxygens (including phenoxy) is 4. The Morgan fingerprint density at radius 1 is 1.15 bits per heavy atom. The summed E-state index contributed by atoms with van der Waals surface area (Å²) in [5.74, 6) is 3.00. The molecule has 0 unspecified atom stereocenters. The van der Waals surface area contributed by atoms with E-state index in [0.29, 0.717) is 44.0 Å². The van der Waals surface area contributed by atoms with Crippen LogP contribution >= 0.6 is 0 Å². The van der Waals surface area contributed by atoms with Crippen LogP contribution in [0.2, 0.25) is 0 Å². The molecule has 6 heteroatoms. The van der Waals surface area contributed by atoms with Gasteiger partial charge in [-0.15, -0.1) is 0 Å². The van der Waals surface area contributed by atoms with E-state index in [0.717, 1.165) is 22.6 Å². The topological polar surface area (TPSA) is 72.7 Å². The van der Waals surface area contributed by atoms with Crippen LogP contribution in [-0.2, 0) is 13.1 Å².